The van der Waals surface area contributed by atoms with Gasteiger partial charge in [-0.1, -0.05) is 0 Å². The van der Waals surface area contributed by atoms with Crippen LogP contribution >= 0.6 is 22.6 Å². The lowest BCUT2D eigenvalue weighted by atomic mass is 10.2. The zero-order chi connectivity index (χ0) is 10.0. The maximum Gasteiger partial charge on any atom is 0.284 e. The average molecular weight is 299 g/mol. The van der Waals surface area contributed by atoms with Crippen LogP contribution in [-0.4, -0.2) is 12.1 Å². The number of hydrogen-bond acceptors (Lipinski definition) is 2. The van der Waals surface area contributed by atoms with E-state index in [0.29, 0.717) is 3.70 Å². The number of aryl methyl sites for hydroxylation is 1. The van der Waals surface area contributed by atoms with Crippen molar-refractivity contribution < 1.29 is 13.5 Å². The van der Waals surface area contributed by atoms with Crippen molar-refractivity contribution in [2.24, 2.45) is 0 Å². The third-order valence-electron chi connectivity index (χ3n) is 1.57. The van der Waals surface area contributed by atoms with E-state index >= 15 is 0 Å². The molecule has 5 heteroatoms. The molecule has 0 radical (unpaired) electrons. The van der Waals surface area contributed by atoms with Crippen LogP contribution in [0.25, 0.3) is 0 Å². The van der Waals surface area contributed by atoms with Crippen molar-refractivity contribution in [2.45, 2.75) is 13.3 Å². The molecule has 0 aromatic carbocycles. The topological polar surface area (TPSA) is 22.1 Å². The van der Waals surface area contributed by atoms with Gasteiger partial charge < -0.3 is 4.74 Å². The summed E-state index contributed by atoms with van der Waals surface area (Å²) in [5.41, 5.74) is 0.541. The highest BCUT2D eigenvalue weighted by atomic mass is 127. The van der Waals surface area contributed by atoms with Crippen molar-refractivity contribution in [3.63, 3.8) is 0 Å². The first-order chi connectivity index (χ1) is 6.06. The van der Waals surface area contributed by atoms with Crippen LogP contribution in [0.4, 0.5) is 8.78 Å². The second-order valence-corrected chi connectivity index (χ2v) is 3.51. The van der Waals surface area contributed by atoms with Crippen LogP contribution in [-0.2, 0) is 0 Å². The fourth-order valence-corrected chi connectivity index (χ4v) is 1.31. The lowest BCUT2D eigenvalue weighted by Gasteiger charge is -2.08. The van der Waals surface area contributed by atoms with E-state index in [-0.39, 0.29) is 11.4 Å². The standard InChI is InChI=1S/C8H8F2INO/c1-4-3-5(13-2)6(7(9)10)12-8(4)11/h3,7H,1-2H3. The zero-order valence-electron chi connectivity index (χ0n) is 7.14. The van der Waals surface area contributed by atoms with Crippen molar-refractivity contribution in [3.8, 4) is 5.75 Å². The second kappa shape index (κ2) is 4.17. The third-order valence-corrected chi connectivity index (χ3v) is 2.66. The van der Waals surface area contributed by atoms with Gasteiger partial charge in [-0.2, -0.15) is 0 Å². The fraction of sp³-hybridized carbons (Fsp3) is 0.375. The van der Waals surface area contributed by atoms with E-state index in [9.17, 15) is 8.78 Å². The number of hydrogen-bond donors (Lipinski definition) is 0. The van der Waals surface area contributed by atoms with Gasteiger partial charge in [0.15, 0.2) is 0 Å². The lowest BCUT2D eigenvalue weighted by Crippen LogP contribution is -1.99. The molecule has 0 N–H and O–H groups in total. The van der Waals surface area contributed by atoms with Crippen molar-refractivity contribution in [2.75, 3.05) is 7.11 Å². The largest absolute Gasteiger partial charge is 0.495 e. The molecule has 0 spiro atoms. The van der Waals surface area contributed by atoms with Crippen molar-refractivity contribution >= 4 is 22.6 Å². The molecule has 1 heterocycles. The number of ether oxygens (including phenoxy) is 1. The quantitative estimate of drug-likeness (QED) is 0.619. The SMILES string of the molecule is COc1cc(C)c(I)nc1C(F)F. The zero-order valence-corrected chi connectivity index (χ0v) is 9.30. The number of nitrogens with zero attached hydrogens (tertiary/aromatic N) is 1. The molecular weight excluding hydrogens is 291 g/mol. The smallest absolute Gasteiger partial charge is 0.284 e. The maximum absolute atomic E-state index is 12.4. The molecule has 2 nitrogen and oxygen atoms in total. The van der Waals surface area contributed by atoms with E-state index in [0.717, 1.165) is 5.56 Å². The number of methoxy groups -OCH3 is 1. The molecule has 13 heavy (non-hydrogen) atoms. The number of halogens is 3. The summed E-state index contributed by atoms with van der Waals surface area (Å²) in [6.07, 6.45) is -2.59. The Bertz CT molecular complexity index is 317. The molecule has 0 bridgehead atoms. The Kier molecular flexibility index (Phi) is 3.40. The van der Waals surface area contributed by atoms with Crippen molar-refractivity contribution in [1.29, 1.82) is 0 Å². The maximum atomic E-state index is 12.4. The number of alkyl halides is 2. The average Bonchev–Trinajstić information content (AvgIpc) is 2.08. The van der Waals surface area contributed by atoms with Gasteiger partial charge in [-0.15, -0.1) is 0 Å². The molecule has 0 aliphatic carbocycles. The second-order valence-electron chi connectivity index (χ2n) is 2.48. The Balaban J connectivity index is 3.25. The Morgan fingerprint density at radius 2 is 2.15 bits per heavy atom. The van der Waals surface area contributed by atoms with E-state index < -0.39 is 6.43 Å². The molecule has 0 saturated carbocycles. The van der Waals surface area contributed by atoms with Crippen LogP contribution in [0.3, 0.4) is 0 Å². The van der Waals surface area contributed by atoms with Gasteiger partial charge in [0.05, 0.1) is 7.11 Å². The highest BCUT2D eigenvalue weighted by Crippen LogP contribution is 2.29. The van der Waals surface area contributed by atoms with Gasteiger partial charge in [-0.3, -0.25) is 0 Å². The molecule has 0 aliphatic heterocycles. The summed E-state index contributed by atoms with van der Waals surface area (Å²) in [7, 11) is 1.36. The van der Waals surface area contributed by atoms with Crippen molar-refractivity contribution in [1.82, 2.24) is 4.98 Å². The van der Waals surface area contributed by atoms with Gasteiger partial charge in [-0.05, 0) is 41.1 Å². The summed E-state index contributed by atoms with van der Waals surface area (Å²) < 4.78 is 30.1. The first-order valence-corrected chi connectivity index (χ1v) is 4.63. The van der Waals surface area contributed by atoms with Gasteiger partial charge in [-0.25, -0.2) is 13.8 Å². The summed E-state index contributed by atoms with van der Waals surface area (Å²) in [5, 5.41) is 0. The molecular formula is C8H8F2INO. The van der Waals surface area contributed by atoms with E-state index in [1.165, 1.54) is 7.11 Å². The summed E-state index contributed by atoms with van der Waals surface area (Å²) in [5.74, 6) is 0.146. The van der Waals surface area contributed by atoms with Crippen LogP contribution < -0.4 is 4.74 Å². The predicted octanol–water partition coefficient (Wildman–Crippen LogP) is 2.94. The number of pyridine rings is 1. The number of aromatic nitrogens is 1. The Morgan fingerprint density at radius 1 is 1.54 bits per heavy atom. The van der Waals surface area contributed by atoms with Gasteiger partial charge in [0, 0.05) is 0 Å². The van der Waals surface area contributed by atoms with Crippen LogP contribution in [0.5, 0.6) is 5.75 Å². The molecule has 0 amide bonds. The Morgan fingerprint density at radius 3 is 2.62 bits per heavy atom. The van der Waals surface area contributed by atoms with Crippen LogP contribution in [0.15, 0.2) is 6.07 Å². The molecule has 0 unspecified atom stereocenters. The normalized spacial score (nSPS) is 10.6. The van der Waals surface area contributed by atoms with E-state index in [1.54, 1.807) is 13.0 Å². The minimum atomic E-state index is -2.59. The first-order valence-electron chi connectivity index (χ1n) is 3.55. The highest BCUT2D eigenvalue weighted by Gasteiger charge is 2.17. The first kappa shape index (κ1) is 10.6. The Hall–Kier alpha value is -0.460. The van der Waals surface area contributed by atoms with Gasteiger partial charge in [0.25, 0.3) is 6.43 Å². The molecule has 72 valence electrons. The fourth-order valence-electron chi connectivity index (χ4n) is 0.899. The van der Waals surface area contributed by atoms with Gasteiger partial charge >= 0.3 is 0 Å². The summed E-state index contributed by atoms with van der Waals surface area (Å²) in [4.78, 5) is 3.75. The number of rotatable bonds is 2. The summed E-state index contributed by atoms with van der Waals surface area (Å²) in [6, 6.07) is 1.57. The Labute approximate surface area is 88.5 Å². The highest BCUT2D eigenvalue weighted by molar-refractivity contribution is 14.1. The molecule has 0 fully saturated rings. The van der Waals surface area contributed by atoms with E-state index in [2.05, 4.69) is 4.98 Å². The van der Waals surface area contributed by atoms with Crippen molar-refractivity contribution in [3.05, 3.63) is 21.0 Å². The van der Waals surface area contributed by atoms with Crippen LogP contribution in [0.2, 0.25) is 0 Å². The minimum Gasteiger partial charge on any atom is -0.495 e. The molecule has 0 aliphatic rings. The summed E-state index contributed by atoms with van der Waals surface area (Å²) >= 11 is 1.92. The van der Waals surface area contributed by atoms with Crippen LogP contribution in [0.1, 0.15) is 17.7 Å². The molecule has 1 aromatic heterocycles. The monoisotopic (exact) mass is 299 g/mol. The molecule has 1 rings (SSSR count). The van der Waals surface area contributed by atoms with Crippen LogP contribution in [0, 0.1) is 10.6 Å². The van der Waals surface area contributed by atoms with E-state index in [1.807, 2.05) is 22.6 Å². The minimum absolute atomic E-state index is 0.146. The van der Waals surface area contributed by atoms with Gasteiger partial charge in [0.2, 0.25) is 0 Å². The molecule has 0 atom stereocenters. The van der Waals surface area contributed by atoms with E-state index in [4.69, 9.17) is 4.74 Å². The summed E-state index contributed by atoms with van der Waals surface area (Å²) in [6.45, 7) is 1.80. The molecule has 0 saturated heterocycles. The predicted molar refractivity (Wildman–Crippen MR) is 53.2 cm³/mol. The lowest BCUT2D eigenvalue weighted by molar-refractivity contribution is 0.141. The van der Waals surface area contributed by atoms with Gasteiger partial charge in [0.1, 0.15) is 15.1 Å². The molecule has 1 aromatic rings. The third kappa shape index (κ3) is 2.26.